The molecule has 0 amide bonds. The van der Waals surface area contributed by atoms with Gasteiger partial charge in [-0.15, -0.1) is 11.3 Å². The van der Waals surface area contributed by atoms with E-state index in [0.29, 0.717) is 0 Å². The van der Waals surface area contributed by atoms with Crippen LogP contribution < -0.4 is 0 Å². The van der Waals surface area contributed by atoms with Gasteiger partial charge in [0.1, 0.15) is 0 Å². The Morgan fingerprint density at radius 1 is 0.750 bits per heavy atom. The Morgan fingerprint density at radius 3 is 2.35 bits per heavy atom. The summed E-state index contributed by atoms with van der Waals surface area (Å²) in [4.78, 5) is 1.34. The lowest BCUT2D eigenvalue weighted by molar-refractivity contribution is 1.48. The maximum atomic E-state index is 2.30. The van der Waals surface area contributed by atoms with Gasteiger partial charge in [-0.05, 0) is 34.7 Å². The van der Waals surface area contributed by atoms with E-state index in [-0.39, 0.29) is 0 Å². The molecular weight excluding hydrogens is 260 g/mol. The minimum absolute atomic E-state index is 1.31. The van der Waals surface area contributed by atoms with E-state index in [2.05, 4.69) is 73.7 Å². The average molecular weight is 274 g/mol. The number of rotatable bonds is 1. The van der Waals surface area contributed by atoms with Crippen molar-refractivity contribution in [3.8, 4) is 10.4 Å². The van der Waals surface area contributed by atoms with E-state index in [1.54, 1.807) is 0 Å². The Balaban J connectivity index is 1.98. The van der Waals surface area contributed by atoms with Crippen molar-refractivity contribution in [3.63, 3.8) is 0 Å². The van der Waals surface area contributed by atoms with Gasteiger partial charge in [0.25, 0.3) is 0 Å². The quantitative estimate of drug-likeness (QED) is 0.397. The summed E-state index contributed by atoms with van der Waals surface area (Å²) in [6.45, 7) is 2.13. The lowest BCUT2D eigenvalue weighted by Gasteiger charge is -1.98. The Kier molecular flexibility index (Phi) is 2.61. The second-order valence-electron chi connectivity index (χ2n) is 5.18. The zero-order valence-electron chi connectivity index (χ0n) is 11.3. The third-order valence-corrected chi connectivity index (χ3v) is 4.98. The Morgan fingerprint density at radius 2 is 1.50 bits per heavy atom. The fourth-order valence-electron chi connectivity index (χ4n) is 2.63. The van der Waals surface area contributed by atoms with Crippen LogP contribution in [0.2, 0.25) is 0 Å². The first-order valence-corrected chi connectivity index (χ1v) is 7.61. The van der Waals surface area contributed by atoms with Gasteiger partial charge in [0.15, 0.2) is 0 Å². The molecule has 0 radical (unpaired) electrons. The standard InChI is InChI=1S/C19H14S/c1-13-6-8-15(9-7-13)18-12-16-11-10-14-4-2-3-5-17(14)19(16)20-18/h2-12H,1H3. The van der Waals surface area contributed by atoms with Crippen LogP contribution in [0.3, 0.4) is 0 Å². The average Bonchev–Trinajstić information content (AvgIpc) is 2.92. The highest BCUT2D eigenvalue weighted by Gasteiger charge is 2.07. The van der Waals surface area contributed by atoms with E-state index in [4.69, 9.17) is 0 Å². The molecule has 0 saturated heterocycles. The molecule has 0 unspecified atom stereocenters. The normalized spacial score (nSPS) is 11.2. The van der Waals surface area contributed by atoms with Gasteiger partial charge in [0.2, 0.25) is 0 Å². The highest BCUT2D eigenvalue weighted by molar-refractivity contribution is 7.23. The lowest BCUT2D eigenvalue weighted by Crippen LogP contribution is -1.72. The Labute approximate surface area is 122 Å². The summed E-state index contributed by atoms with van der Waals surface area (Å²) in [5.74, 6) is 0. The van der Waals surface area contributed by atoms with Crippen LogP contribution in [-0.2, 0) is 0 Å². The zero-order valence-corrected chi connectivity index (χ0v) is 12.1. The predicted octanol–water partition coefficient (Wildman–Crippen LogP) is 6.03. The van der Waals surface area contributed by atoms with E-state index in [1.165, 1.54) is 36.9 Å². The van der Waals surface area contributed by atoms with Gasteiger partial charge in [-0.2, -0.15) is 0 Å². The van der Waals surface area contributed by atoms with Gasteiger partial charge in [-0.3, -0.25) is 0 Å². The molecule has 4 rings (SSSR count). The predicted molar refractivity (Wildman–Crippen MR) is 89.5 cm³/mol. The summed E-state index contributed by atoms with van der Waals surface area (Å²) in [5.41, 5.74) is 2.61. The zero-order chi connectivity index (χ0) is 13.5. The molecule has 0 fully saturated rings. The maximum Gasteiger partial charge on any atom is 0.0427 e. The van der Waals surface area contributed by atoms with Gasteiger partial charge in [-0.1, -0.05) is 66.2 Å². The molecule has 3 aromatic carbocycles. The van der Waals surface area contributed by atoms with Gasteiger partial charge >= 0.3 is 0 Å². The first kappa shape index (κ1) is 11.7. The molecule has 1 aromatic heterocycles. The molecule has 0 spiro atoms. The van der Waals surface area contributed by atoms with Gasteiger partial charge in [0, 0.05) is 9.58 Å². The minimum atomic E-state index is 1.31. The summed E-state index contributed by atoms with van der Waals surface area (Å²) >= 11 is 1.89. The van der Waals surface area contributed by atoms with E-state index < -0.39 is 0 Å². The van der Waals surface area contributed by atoms with Crippen molar-refractivity contribution in [1.29, 1.82) is 0 Å². The van der Waals surface area contributed by atoms with Crippen molar-refractivity contribution in [2.45, 2.75) is 6.92 Å². The third-order valence-electron chi connectivity index (χ3n) is 3.74. The fourth-order valence-corrected chi connectivity index (χ4v) is 3.83. The Bertz CT molecular complexity index is 898. The summed E-state index contributed by atoms with van der Waals surface area (Å²) < 4.78 is 1.39. The number of aryl methyl sites for hydroxylation is 1. The highest BCUT2D eigenvalue weighted by atomic mass is 32.1. The van der Waals surface area contributed by atoms with Crippen molar-refractivity contribution < 1.29 is 0 Å². The monoisotopic (exact) mass is 274 g/mol. The van der Waals surface area contributed by atoms with Crippen LogP contribution >= 0.6 is 11.3 Å². The molecule has 1 heteroatoms. The molecular formula is C19H14S. The van der Waals surface area contributed by atoms with Crippen LogP contribution in [0.15, 0.2) is 66.7 Å². The highest BCUT2D eigenvalue weighted by Crippen LogP contribution is 2.37. The molecule has 20 heavy (non-hydrogen) atoms. The molecule has 0 aliphatic heterocycles. The molecule has 0 atom stereocenters. The van der Waals surface area contributed by atoms with Crippen molar-refractivity contribution in [2.24, 2.45) is 0 Å². The molecule has 0 aliphatic rings. The Hall–Kier alpha value is -2.12. The van der Waals surface area contributed by atoms with Gasteiger partial charge < -0.3 is 0 Å². The van der Waals surface area contributed by atoms with E-state index in [1.807, 2.05) is 11.3 Å². The summed E-state index contributed by atoms with van der Waals surface area (Å²) in [7, 11) is 0. The van der Waals surface area contributed by atoms with Crippen molar-refractivity contribution in [2.75, 3.05) is 0 Å². The largest absolute Gasteiger partial charge is 0.135 e. The summed E-state index contributed by atoms with van der Waals surface area (Å²) in [6, 6.07) is 24.1. The number of benzene rings is 3. The van der Waals surface area contributed by atoms with Crippen molar-refractivity contribution in [1.82, 2.24) is 0 Å². The number of hydrogen-bond donors (Lipinski definition) is 0. The van der Waals surface area contributed by atoms with Gasteiger partial charge in [0.05, 0.1) is 0 Å². The molecule has 1 heterocycles. The summed E-state index contributed by atoms with van der Waals surface area (Å²) in [5, 5.41) is 4.01. The second kappa shape index (κ2) is 4.46. The molecule has 96 valence electrons. The lowest BCUT2D eigenvalue weighted by atomic mass is 10.1. The van der Waals surface area contributed by atoms with Crippen LogP contribution in [0.5, 0.6) is 0 Å². The molecule has 0 N–H and O–H groups in total. The first-order valence-electron chi connectivity index (χ1n) is 6.79. The topological polar surface area (TPSA) is 0 Å². The minimum Gasteiger partial charge on any atom is -0.135 e. The van der Waals surface area contributed by atoms with Crippen LogP contribution in [0.25, 0.3) is 31.3 Å². The van der Waals surface area contributed by atoms with Crippen LogP contribution in [0.1, 0.15) is 5.56 Å². The van der Waals surface area contributed by atoms with Crippen molar-refractivity contribution >= 4 is 32.2 Å². The third kappa shape index (κ3) is 1.83. The smallest absolute Gasteiger partial charge is 0.0427 e. The number of hydrogen-bond acceptors (Lipinski definition) is 1. The number of thiophene rings is 1. The second-order valence-corrected chi connectivity index (χ2v) is 6.23. The first-order chi connectivity index (χ1) is 9.81. The molecule has 0 bridgehead atoms. The van der Waals surface area contributed by atoms with Crippen molar-refractivity contribution in [3.05, 3.63) is 72.3 Å². The van der Waals surface area contributed by atoms with E-state index in [9.17, 15) is 0 Å². The van der Waals surface area contributed by atoms with Gasteiger partial charge in [-0.25, -0.2) is 0 Å². The van der Waals surface area contributed by atoms with Crippen LogP contribution in [0.4, 0.5) is 0 Å². The molecule has 0 nitrogen and oxygen atoms in total. The SMILES string of the molecule is Cc1ccc(-c2cc3ccc4ccccc4c3s2)cc1. The van der Waals surface area contributed by atoms with E-state index in [0.717, 1.165) is 0 Å². The fraction of sp³-hybridized carbons (Fsp3) is 0.0526. The summed E-state index contributed by atoms with van der Waals surface area (Å²) in [6.07, 6.45) is 0. The van der Waals surface area contributed by atoms with Crippen LogP contribution in [-0.4, -0.2) is 0 Å². The molecule has 4 aromatic rings. The molecule has 0 aliphatic carbocycles. The van der Waals surface area contributed by atoms with E-state index >= 15 is 0 Å². The maximum absolute atomic E-state index is 2.30. The number of fused-ring (bicyclic) bond motifs is 3. The molecule has 0 saturated carbocycles. The van der Waals surface area contributed by atoms with Crippen LogP contribution in [0, 0.1) is 6.92 Å².